The zero-order valence-corrected chi connectivity index (χ0v) is 16.8. The Hall–Kier alpha value is -3.54. The maximum atomic E-state index is 13.1. The van der Waals surface area contributed by atoms with Crippen LogP contribution in [-0.4, -0.2) is 25.7 Å². The van der Waals surface area contributed by atoms with Crippen LogP contribution in [0, 0.1) is 6.92 Å². The molecule has 0 saturated carbocycles. The first-order valence-electron chi connectivity index (χ1n) is 9.66. The third kappa shape index (κ3) is 3.74. The molecule has 6 nitrogen and oxygen atoms in total. The van der Waals surface area contributed by atoms with Gasteiger partial charge in [0.05, 0.1) is 22.8 Å². The molecule has 0 aliphatic rings. The number of rotatable bonds is 5. The van der Waals surface area contributed by atoms with Gasteiger partial charge in [0.15, 0.2) is 5.65 Å². The lowest BCUT2D eigenvalue weighted by molar-refractivity contribution is 0.0952. The zero-order chi connectivity index (χ0) is 20.4. The Morgan fingerprint density at radius 2 is 1.90 bits per heavy atom. The Bertz CT molecular complexity index is 1160. The first kappa shape index (κ1) is 18.8. The van der Waals surface area contributed by atoms with Gasteiger partial charge in [-0.2, -0.15) is 5.10 Å². The second kappa shape index (κ2) is 7.83. The number of nitrogens with zero attached hydrogens (tertiary/aromatic N) is 4. The van der Waals surface area contributed by atoms with Crippen LogP contribution >= 0.6 is 0 Å². The van der Waals surface area contributed by atoms with Gasteiger partial charge in [-0.1, -0.05) is 24.3 Å². The maximum absolute atomic E-state index is 13.1. The minimum Gasteiger partial charge on any atom is -0.348 e. The number of hydrogen-bond acceptors (Lipinski definition) is 4. The summed E-state index contributed by atoms with van der Waals surface area (Å²) in [6, 6.07) is 13.8. The molecule has 0 radical (unpaired) electrons. The average molecular weight is 385 g/mol. The van der Waals surface area contributed by atoms with Crippen molar-refractivity contribution < 1.29 is 4.79 Å². The molecular weight excluding hydrogens is 362 g/mol. The van der Waals surface area contributed by atoms with Crippen LogP contribution in [0.15, 0.2) is 61.1 Å². The van der Waals surface area contributed by atoms with Crippen LogP contribution in [0.2, 0.25) is 0 Å². The molecule has 3 heterocycles. The Morgan fingerprint density at radius 3 is 2.62 bits per heavy atom. The van der Waals surface area contributed by atoms with E-state index in [2.05, 4.69) is 29.2 Å². The highest BCUT2D eigenvalue weighted by molar-refractivity contribution is 6.06. The van der Waals surface area contributed by atoms with E-state index < -0.39 is 0 Å². The van der Waals surface area contributed by atoms with Gasteiger partial charge in [0.2, 0.25) is 0 Å². The lowest BCUT2D eigenvalue weighted by atomic mass is 10.0. The normalized spacial score (nSPS) is 11.2. The highest BCUT2D eigenvalue weighted by atomic mass is 16.1. The third-order valence-electron chi connectivity index (χ3n) is 4.92. The van der Waals surface area contributed by atoms with Crippen LogP contribution in [0.4, 0.5) is 0 Å². The van der Waals surface area contributed by atoms with Gasteiger partial charge in [0.25, 0.3) is 5.91 Å². The molecular formula is C23H23N5O. The van der Waals surface area contributed by atoms with Crippen LogP contribution in [-0.2, 0) is 6.54 Å². The molecule has 0 aliphatic heterocycles. The molecule has 6 heteroatoms. The predicted molar refractivity (Wildman–Crippen MR) is 113 cm³/mol. The van der Waals surface area contributed by atoms with Crippen molar-refractivity contribution in [2.45, 2.75) is 33.4 Å². The summed E-state index contributed by atoms with van der Waals surface area (Å²) in [5.41, 5.74) is 5.18. The topological polar surface area (TPSA) is 72.7 Å². The molecule has 4 rings (SSSR count). The van der Waals surface area contributed by atoms with Gasteiger partial charge in [-0.3, -0.25) is 9.78 Å². The molecule has 0 atom stereocenters. The molecule has 0 unspecified atom stereocenters. The fourth-order valence-electron chi connectivity index (χ4n) is 3.36. The van der Waals surface area contributed by atoms with Gasteiger partial charge in [-0.05, 0) is 50.1 Å². The van der Waals surface area contributed by atoms with E-state index in [4.69, 9.17) is 4.98 Å². The Morgan fingerprint density at radius 1 is 1.14 bits per heavy atom. The van der Waals surface area contributed by atoms with Gasteiger partial charge < -0.3 is 5.32 Å². The Labute approximate surface area is 169 Å². The summed E-state index contributed by atoms with van der Waals surface area (Å²) in [4.78, 5) is 22.0. The van der Waals surface area contributed by atoms with Crippen molar-refractivity contribution in [2.75, 3.05) is 0 Å². The lowest BCUT2D eigenvalue weighted by Gasteiger charge is -2.12. The number of aromatic nitrogens is 4. The molecule has 1 aromatic carbocycles. The summed E-state index contributed by atoms with van der Waals surface area (Å²) < 4.78 is 1.86. The van der Waals surface area contributed by atoms with Crippen molar-refractivity contribution in [2.24, 2.45) is 0 Å². The number of pyridine rings is 2. The number of benzene rings is 1. The monoisotopic (exact) mass is 385 g/mol. The van der Waals surface area contributed by atoms with Gasteiger partial charge in [0, 0.05) is 30.5 Å². The second-order valence-electron chi connectivity index (χ2n) is 7.33. The fourth-order valence-corrected chi connectivity index (χ4v) is 3.36. The molecule has 0 saturated heterocycles. The standard InChI is InChI=1S/C23H23N5O/c1-15(2)28-22-20(14-26-28)19(23(29)25-13-17-8-10-24-11-9-17)12-21(27-22)18-7-5-4-6-16(18)3/h4-12,14-15H,13H2,1-3H3,(H,25,29). The molecule has 1 amide bonds. The number of fused-ring (bicyclic) bond motifs is 1. The first-order valence-corrected chi connectivity index (χ1v) is 9.66. The summed E-state index contributed by atoms with van der Waals surface area (Å²) in [6.45, 7) is 6.59. The van der Waals surface area contributed by atoms with E-state index in [1.807, 2.05) is 54.1 Å². The van der Waals surface area contributed by atoms with E-state index in [0.29, 0.717) is 12.1 Å². The Balaban J connectivity index is 1.79. The fraction of sp³-hybridized carbons (Fsp3) is 0.217. The third-order valence-corrected chi connectivity index (χ3v) is 4.92. The number of carbonyl (C=O) groups excluding carboxylic acids is 1. The molecule has 29 heavy (non-hydrogen) atoms. The quantitative estimate of drug-likeness (QED) is 0.555. The SMILES string of the molecule is Cc1ccccc1-c1cc(C(=O)NCc2ccncc2)c2cnn(C(C)C)c2n1. The molecule has 0 bridgehead atoms. The predicted octanol–water partition coefficient (Wildman–Crippen LogP) is 4.31. The largest absolute Gasteiger partial charge is 0.348 e. The summed E-state index contributed by atoms with van der Waals surface area (Å²) >= 11 is 0. The smallest absolute Gasteiger partial charge is 0.252 e. The van der Waals surface area contributed by atoms with Crippen molar-refractivity contribution in [3.05, 3.63) is 77.7 Å². The number of hydrogen-bond donors (Lipinski definition) is 1. The van der Waals surface area contributed by atoms with E-state index in [1.54, 1.807) is 18.6 Å². The van der Waals surface area contributed by atoms with E-state index >= 15 is 0 Å². The van der Waals surface area contributed by atoms with Gasteiger partial charge >= 0.3 is 0 Å². The summed E-state index contributed by atoms with van der Waals surface area (Å²) in [5.74, 6) is -0.146. The van der Waals surface area contributed by atoms with Crippen LogP contribution in [0.3, 0.4) is 0 Å². The highest BCUT2D eigenvalue weighted by Crippen LogP contribution is 2.28. The Kier molecular flexibility index (Phi) is 5.08. The van der Waals surface area contributed by atoms with Gasteiger partial charge in [-0.15, -0.1) is 0 Å². The van der Waals surface area contributed by atoms with E-state index in [9.17, 15) is 4.79 Å². The van der Waals surface area contributed by atoms with E-state index in [0.717, 1.165) is 33.4 Å². The van der Waals surface area contributed by atoms with Crippen molar-refractivity contribution in [1.82, 2.24) is 25.1 Å². The zero-order valence-electron chi connectivity index (χ0n) is 16.8. The number of carbonyl (C=O) groups is 1. The minimum atomic E-state index is -0.146. The maximum Gasteiger partial charge on any atom is 0.252 e. The minimum absolute atomic E-state index is 0.139. The van der Waals surface area contributed by atoms with Crippen molar-refractivity contribution in [1.29, 1.82) is 0 Å². The van der Waals surface area contributed by atoms with Crippen molar-refractivity contribution in [3.63, 3.8) is 0 Å². The van der Waals surface area contributed by atoms with Crippen molar-refractivity contribution in [3.8, 4) is 11.3 Å². The van der Waals surface area contributed by atoms with E-state index in [-0.39, 0.29) is 11.9 Å². The van der Waals surface area contributed by atoms with Crippen LogP contribution in [0.25, 0.3) is 22.3 Å². The van der Waals surface area contributed by atoms with Gasteiger partial charge in [0.1, 0.15) is 0 Å². The average Bonchev–Trinajstić information content (AvgIpc) is 3.17. The molecule has 0 aliphatic carbocycles. The molecule has 4 aromatic rings. The van der Waals surface area contributed by atoms with Crippen molar-refractivity contribution >= 4 is 16.9 Å². The summed E-state index contributed by atoms with van der Waals surface area (Å²) in [6.07, 6.45) is 5.16. The highest BCUT2D eigenvalue weighted by Gasteiger charge is 2.19. The first-order chi connectivity index (χ1) is 14.0. The lowest BCUT2D eigenvalue weighted by Crippen LogP contribution is -2.23. The van der Waals surface area contributed by atoms with Crippen LogP contribution < -0.4 is 5.32 Å². The molecule has 3 aromatic heterocycles. The number of aryl methyl sites for hydroxylation is 1. The summed E-state index contributed by atoms with van der Waals surface area (Å²) in [7, 11) is 0. The number of nitrogens with one attached hydrogen (secondary N) is 1. The summed E-state index contributed by atoms with van der Waals surface area (Å²) in [5, 5.41) is 8.24. The van der Waals surface area contributed by atoms with E-state index in [1.165, 1.54) is 0 Å². The molecule has 146 valence electrons. The second-order valence-corrected chi connectivity index (χ2v) is 7.33. The molecule has 0 fully saturated rings. The molecule has 0 spiro atoms. The van der Waals surface area contributed by atoms with Crippen LogP contribution in [0.1, 0.15) is 41.4 Å². The van der Waals surface area contributed by atoms with Crippen LogP contribution in [0.5, 0.6) is 0 Å². The molecule has 1 N–H and O–H groups in total. The number of amides is 1. The van der Waals surface area contributed by atoms with Gasteiger partial charge in [-0.25, -0.2) is 9.67 Å².